The van der Waals surface area contributed by atoms with Crippen molar-refractivity contribution in [1.82, 2.24) is 5.43 Å². The highest BCUT2D eigenvalue weighted by Crippen LogP contribution is 2.29. The first-order chi connectivity index (χ1) is 15.5. The van der Waals surface area contributed by atoms with Gasteiger partial charge in [-0.05, 0) is 53.6 Å². The van der Waals surface area contributed by atoms with E-state index < -0.39 is 5.91 Å². The Morgan fingerprint density at radius 2 is 1.72 bits per heavy atom. The molecular weight excluding hydrogens is 475 g/mol. The van der Waals surface area contributed by atoms with Crippen LogP contribution in [0.5, 0.6) is 17.2 Å². The van der Waals surface area contributed by atoms with Gasteiger partial charge in [0.1, 0.15) is 12.4 Å². The van der Waals surface area contributed by atoms with Crippen LogP contribution in [0.25, 0.3) is 0 Å². The fourth-order valence-electron chi connectivity index (χ4n) is 2.59. The van der Waals surface area contributed by atoms with Crippen molar-refractivity contribution in [1.29, 1.82) is 0 Å². The molecule has 6 nitrogen and oxygen atoms in total. The van der Waals surface area contributed by atoms with E-state index in [4.69, 9.17) is 49.0 Å². The Morgan fingerprint density at radius 3 is 2.47 bits per heavy atom. The van der Waals surface area contributed by atoms with Crippen LogP contribution in [0.3, 0.4) is 0 Å². The second-order valence-corrected chi connectivity index (χ2v) is 7.68. The predicted octanol–water partition coefficient (Wildman–Crippen LogP) is 5.76. The monoisotopic (exact) mass is 492 g/mol. The average Bonchev–Trinajstić information content (AvgIpc) is 2.79. The molecule has 0 aliphatic rings. The molecule has 0 aliphatic heterocycles. The number of hydrazone groups is 1. The summed E-state index contributed by atoms with van der Waals surface area (Å²) >= 11 is 17.9. The lowest BCUT2D eigenvalue weighted by atomic mass is 10.2. The van der Waals surface area contributed by atoms with Crippen molar-refractivity contribution in [2.75, 3.05) is 13.7 Å². The van der Waals surface area contributed by atoms with Crippen molar-refractivity contribution < 1.29 is 19.0 Å². The van der Waals surface area contributed by atoms with Crippen LogP contribution in [0.4, 0.5) is 0 Å². The number of amides is 1. The van der Waals surface area contributed by atoms with Gasteiger partial charge in [-0.15, -0.1) is 0 Å². The SMILES string of the molecule is COc1cc(/C=N\NC(=O)COc2ccccc2Cl)ccc1OCc1ccc(Cl)c(Cl)c1. The molecule has 0 saturated heterocycles. The Kier molecular flexibility index (Phi) is 8.62. The van der Waals surface area contributed by atoms with Crippen molar-refractivity contribution >= 4 is 46.9 Å². The first kappa shape index (κ1) is 23.7. The Morgan fingerprint density at radius 1 is 0.906 bits per heavy atom. The third-order valence-corrected chi connectivity index (χ3v) is 5.22. The van der Waals surface area contributed by atoms with Gasteiger partial charge in [0, 0.05) is 0 Å². The van der Waals surface area contributed by atoms with Crippen molar-refractivity contribution in [3.63, 3.8) is 0 Å². The molecule has 9 heteroatoms. The van der Waals surface area contributed by atoms with Gasteiger partial charge >= 0.3 is 0 Å². The van der Waals surface area contributed by atoms with Crippen LogP contribution >= 0.6 is 34.8 Å². The number of para-hydroxylation sites is 1. The summed E-state index contributed by atoms with van der Waals surface area (Å²) in [6.45, 7) is 0.0774. The first-order valence-electron chi connectivity index (χ1n) is 9.40. The van der Waals surface area contributed by atoms with Crippen LogP contribution in [0.1, 0.15) is 11.1 Å². The number of hydrogen-bond acceptors (Lipinski definition) is 5. The molecule has 0 aromatic heterocycles. The summed E-state index contributed by atoms with van der Waals surface area (Å²) in [5.74, 6) is 1.07. The zero-order chi connectivity index (χ0) is 22.9. The number of nitrogens with zero attached hydrogens (tertiary/aromatic N) is 1. The third kappa shape index (κ3) is 6.79. The maximum Gasteiger partial charge on any atom is 0.277 e. The summed E-state index contributed by atoms with van der Waals surface area (Å²) in [6.07, 6.45) is 1.48. The molecule has 0 radical (unpaired) electrons. The predicted molar refractivity (Wildman–Crippen MR) is 126 cm³/mol. The smallest absolute Gasteiger partial charge is 0.277 e. The minimum atomic E-state index is -0.422. The minimum absolute atomic E-state index is 0.216. The number of benzene rings is 3. The van der Waals surface area contributed by atoms with Crippen LogP contribution in [-0.4, -0.2) is 25.8 Å². The van der Waals surface area contributed by atoms with Gasteiger partial charge in [-0.1, -0.05) is 53.0 Å². The first-order valence-corrected chi connectivity index (χ1v) is 10.5. The highest BCUT2D eigenvalue weighted by Gasteiger charge is 2.08. The highest BCUT2D eigenvalue weighted by atomic mass is 35.5. The van der Waals surface area contributed by atoms with Crippen LogP contribution < -0.4 is 19.6 Å². The van der Waals surface area contributed by atoms with Crippen LogP contribution in [0.15, 0.2) is 65.8 Å². The summed E-state index contributed by atoms with van der Waals surface area (Å²) in [6, 6.07) is 17.5. The van der Waals surface area contributed by atoms with Crippen molar-refractivity contribution in [2.45, 2.75) is 6.61 Å². The van der Waals surface area contributed by atoms with Crippen molar-refractivity contribution in [3.8, 4) is 17.2 Å². The Balaban J connectivity index is 1.54. The summed E-state index contributed by atoms with van der Waals surface area (Å²) in [5.41, 5.74) is 3.97. The molecule has 0 unspecified atom stereocenters. The van der Waals surface area contributed by atoms with Crippen molar-refractivity contribution in [3.05, 3.63) is 86.9 Å². The average molecular weight is 494 g/mol. The lowest BCUT2D eigenvalue weighted by molar-refractivity contribution is -0.123. The molecular formula is C23H19Cl3N2O4. The van der Waals surface area contributed by atoms with Gasteiger partial charge in [0.15, 0.2) is 18.1 Å². The fraction of sp³-hybridized carbons (Fsp3) is 0.130. The number of nitrogens with one attached hydrogen (secondary N) is 1. The molecule has 3 aromatic rings. The molecule has 166 valence electrons. The molecule has 0 fully saturated rings. The zero-order valence-electron chi connectivity index (χ0n) is 17.0. The van der Waals surface area contributed by atoms with E-state index in [0.29, 0.717) is 44.5 Å². The highest BCUT2D eigenvalue weighted by molar-refractivity contribution is 6.42. The van der Waals surface area contributed by atoms with E-state index in [1.54, 1.807) is 54.6 Å². The second-order valence-electron chi connectivity index (χ2n) is 6.46. The van der Waals surface area contributed by atoms with E-state index in [-0.39, 0.29) is 6.61 Å². The number of methoxy groups -OCH3 is 1. The molecule has 0 heterocycles. The second kappa shape index (κ2) is 11.6. The molecule has 0 aliphatic carbocycles. The number of hydrogen-bond donors (Lipinski definition) is 1. The van der Waals surface area contributed by atoms with E-state index in [0.717, 1.165) is 5.56 Å². The van der Waals surface area contributed by atoms with Gasteiger partial charge < -0.3 is 14.2 Å². The molecule has 1 amide bonds. The molecule has 3 aromatic carbocycles. The number of carbonyl (C=O) groups excluding carboxylic acids is 1. The molecule has 0 saturated carbocycles. The molecule has 0 bridgehead atoms. The lowest BCUT2D eigenvalue weighted by Gasteiger charge is -2.12. The topological polar surface area (TPSA) is 69.2 Å². The van der Waals surface area contributed by atoms with Gasteiger partial charge in [-0.3, -0.25) is 4.79 Å². The summed E-state index contributed by atoms with van der Waals surface area (Å²) in [7, 11) is 1.54. The van der Waals surface area contributed by atoms with E-state index >= 15 is 0 Å². The summed E-state index contributed by atoms with van der Waals surface area (Å²) in [5, 5.41) is 5.31. The number of rotatable bonds is 9. The molecule has 32 heavy (non-hydrogen) atoms. The van der Waals surface area contributed by atoms with E-state index in [2.05, 4.69) is 10.5 Å². The number of carbonyl (C=O) groups is 1. The normalized spacial score (nSPS) is 10.8. The largest absolute Gasteiger partial charge is 0.493 e. The maximum atomic E-state index is 11.9. The fourth-order valence-corrected chi connectivity index (χ4v) is 3.10. The standard InChI is InChI=1S/C23H19Cl3N2O4/c1-30-22-11-15(7-9-21(22)31-13-16-6-8-17(24)19(26)10-16)12-27-28-23(29)14-32-20-5-3-2-4-18(20)25/h2-12H,13-14H2,1H3,(H,28,29)/b27-12-. The van der Waals surface area contributed by atoms with E-state index in [9.17, 15) is 4.79 Å². The molecule has 0 atom stereocenters. The quantitative estimate of drug-likeness (QED) is 0.304. The maximum absolute atomic E-state index is 11.9. The molecule has 1 N–H and O–H groups in total. The van der Waals surface area contributed by atoms with Crippen LogP contribution in [0, 0.1) is 0 Å². The zero-order valence-corrected chi connectivity index (χ0v) is 19.2. The van der Waals surface area contributed by atoms with Gasteiger partial charge in [0.25, 0.3) is 5.91 Å². The van der Waals surface area contributed by atoms with E-state index in [1.165, 1.54) is 13.3 Å². The van der Waals surface area contributed by atoms with Gasteiger partial charge in [-0.2, -0.15) is 5.10 Å². The third-order valence-electron chi connectivity index (χ3n) is 4.16. The van der Waals surface area contributed by atoms with Gasteiger partial charge in [0.2, 0.25) is 0 Å². The van der Waals surface area contributed by atoms with Gasteiger partial charge in [-0.25, -0.2) is 5.43 Å². The van der Waals surface area contributed by atoms with Crippen LogP contribution in [-0.2, 0) is 11.4 Å². The van der Waals surface area contributed by atoms with Gasteiger partial charge in [0.05, 0.1) is 28.4 Å². The van der Waals surface area contributed by atoms with Crippen molar-refractivity contribution in [2.24, 2.45) is 5.10 Å². The molecule has 0 spiro atoms. The molecule has 3 rings (SSSR count). The number of halogens is 3. The Hall–Kier alpha value is -2.93. The summed E-state index contributed by atoms with van der Waals surface area (Å²) in [4.78, 5) is 11.9. The lowest BCUT2D eigenvalue weighted by Crippen LogP contribution is -2.24. The van der Waals surface area contributed by atoms with Crippen LogP contribution in [0.2, 0.25) is 15.1 Å². The Labute approximate surface area is 200 Å². The summed E-state index contributed by atoms with van der Waals surface area (Å²) < 4.78 is 16.6. The number of ether oxygens (including phenoxy) is 3. The Bertz CT molecular complexity index is 1120. The van der Waals surface area contributed by atoms with E-state index in [1.807, 2.05) is 6.07 Å². The minimum Gasteiger partial charge on any atom is -0.493 e.